The molecule has 1 aliphatic heterocycles. The van der Waals surface area contributed by atoms with Crippen LogP contribution in [0.3, 0.4) is 0 Å². The normalized spacial score (nSPS) is 17.1. The van der Waals surface area contributed by atoms with Gasteiger partial charge in [0.15, 0.2) is 0 Å². The van der Waals surface area contributed by atoms with Crippen LogP contribution < -0.4 is 10.1 Å². The van der Waals surface area contributed by atoms with E-state index in [1.54, 1.807) is 7.11 Å². The Morgan fingerprint density at radius 3 is 2.85 bits per heavy atom. The molecule has 26 heavy (non-hydrogen) atoms. The maximum atomic E-state index is 12.6. The Morgan fingerprint density at radius 1 is 1.08 bits per heavy atom. The van der Waals surface area contributed by atoms with Gasteiger partial charge in [0.1, 0.15) is 11.4 Å². The number of ether oxygens (including phenoxy) is 1. The van der Waals surface area contributed by atoms with E-state index in [-0.39, 0.29) is 11.8 Å². The summed E-state index contributed by atoms with van der Waals surface area (Å²) in [6.45, 7) is 0.650. The Balaban J connectivity index is 1.78. The van der Waals surface area contributed by atoms with Crippen LogP contribution in [0.5, 0.6) is 5.75 Å². The van der Waals surface area contributed by atoms with E-state index in [9.17, 15) is 4.79 Å². The third-order valence-electron chi connectivity index (χ3n) is 5.34. The van der Waals surface area contributed by atoms with Gasteiger partial charge < -0.3 is 20.0 Å². The van der Waals surface area contributed by atoms with Crippen LogP contribution in [0.2, 0.25) is 0 Å². The highest BCUT2D eigenvalue weighted by Gasteiger charge is 2.30. The smallest absolute Gasteiger partial charge is 0.268 e. The van der Waals surface area contributed by atoms with Crippen LogP contribution in [0.1, 0.15) is 34.0 Å². The highest BCUT2D eigenvalue weighted by molar-refractivity contribution is 6.02. The van der Waals surface area contributed by atoms with Crippen LogP contribution in [-0.2, 0) is 0 Å². The van der Waals surface area contributed by atoms with Gasteiger partial charge in [-0.2, -0.15) is 0 Å². The van der Waals surface area contributed by atoms with Crippen molar-refractivity contribution in [3.8, 4) is 5.75 Å². The maximum absolute atomic E-state index is 12.6. The molecule has 0 radical (unpaired) electrons. The van der Waals surface area contributed by atoms with Crippen LogP contribution in [0.25, 0.3) is 21.8 Å². The van der Waals surface area contributed by atoms with Crippen molar-refractivity contribution in [2.45, 2.75) is 12.3 Å². The van der Waals surface area contributed by atoms with Gasteiger partial charge in [-0.3, -0.25) is 4.79 Å². The molecule has 0 saturated heterocycles. The van der Waals surface area contributed by atoms with E-state index in [0.717, 1.165) is 39.5 Å². The van der Waals surface area contributed by atoms with Crippen LogP contribution >= 0.6 is 0 Å². The average molecular weight is 345 g/mol. The van der Waals surface area contributed by atoms with E-state index in [0.29, 0.717) is 12.2 Å². The summed E-state index contributed by atoms with van der Waals surface area (Å²) in [5, 5.41) is 5.27. The van der Waals surface area contributed by atoms with E-state index in [1.165, 1.54) is 5.56 Å². The second-order valence-electron chi connectivity index (χ2n) is 6.71. The lowest BCUT2D eigenvalue weighted by Crippen LogP contribution is -2.23. The van der Waals surface area contributed by atoms with Crippen molar-refractivity contribution in [2.24, 2.45) is 0 Å². The minimum atomic E-state index is -0.0314. The number of amides is 1. The molecule has 0 unspecified atom stereocenters. The van der Waals surface area contributed by atoms with Crippen molar-refractivity contribution in [1.82, 2.24) is 15.3 Å². The Kier molecular flexibility index (Phi) is 3.28. The summed E-state index contributed by atoms with van der Waals surface area (Å²) in [6, 6.07) is 14.2. The highest BCUT2D eigenvalue weighted by Crippen LogP contribution is 2.40. The van der Waals surface area contributed by atoms with Gasteiger partial charge in [-0.15, -0.1) is 0 Å². The summed E-state index contributed by atoms with van der Waals surface area (Å²) < 4.78 is 5.41. The van der Waals surface area contributed by atoms with E-state index in [2.05, 4.69) is 33.6 Å². The number of aromatic amines is 2. The molecule has 0 fully saturated rings. The molecule has 5 nitrogen and oxygen atoms in total. The van der Waals surface area contributed by atoms with Gasteiger partial charge >= 0.3 is 0 Å². The first-order chi connectivity index (χ1) is 12.8. The number of nitrogens with one attached hydrogen (secondary N) is 3. The molecule has 0 saturated carbocycles. The van der Waals surface area contributed by atoms with E-state index in [4.69, 9.17) is 4.74 Å². The van der Waals surface area contributed by atoms with Crippen molar-refractivity contribution in [2.75, 3.05) is 13.7 Å². The number of carbonyl (C=O) groups is 1. The second-order valence-corrected chi connectivity index (χ2v) is 6.71. The van der Waals surface area contributed by atoms with E-state index in [1.807, 2.05) is 30.3 Å². The summed E-state index contributed by atoms with van der Waals surface area (Å²) in [4.78, 5) is 19.3. The Bertz CT molecular complexity index is 1140. The highest BCUT2D eigenvalue weighted by atomic mass is 16.5. The topological polar surface area (TPSA) is 69.9 Å². The fourth-order valence-corrected chi connectivity index (χ4v) is 4.12. The van der Waals surface area contributed by atoms with Crippen LogP contribution in [0.15, 0.2) is 48.7 Å². The molecule has 0 bridgehead atoms. The van der Waals surface area contributed by atoms with Crippen LogP contribution in [-0.4, -0.2) is 29.5 Å². The van der Waals surface area contributed by atoms with Crippen LogP contribution in [0.4, 0.5) is 0 Å². The van der Waals surface area contributed by atoms with Crippen LogP contribution in [0, 0.1) is 0 Å². The average Bonchev–Trinajstić information content (AvgIpc) is 3.22. The monoisotopic (exact) mass is 345 g/mol. The zero-order valence-electron chi connectivity index (χ0n) is 14.4. The molecule has 5 rings (SSSR count). The number of fused-ring (bicyclic) bond motifs is 4. The minimum Gasteiger partial charge on any atom is -0.497 e. The third kappa shape index (κ3) is 2.13. The first-order valence-corrected chi connectivity index (χ1v) is 8.80. The Morgan fingerprint density at radius 2 is 1.96 bits per heavy atom. The number of benzene rings is 2. The molecule has 0 aliphatic carbocycles. The standard InChI is InChI=1S/C21H19N3O2/c1-26-12-6-7-17-15(10-12)16(11-23-17)13-8-9-22-21(25)20-19(13)14-4-2-3-5-18(14)24-20/h2-7,10-11,13,23-24H,8-9H2,1H3,(H,22,25)/t13-/m1/s1. The minimum absolute atomic E-state index is 0.0314. The lowest BCUT2D eigenvalue weighted by atomic mass is 9.87. The zero-order valence-corrected chi connectivity index (χ0v) is 14.4. The van der Waals surface area contributed by atoms with Crippen molar-refractivity contribution in [3.05, 3.63) is 65.5 Å². The van der Waals surface area contributed by atoms with Gasteiger partial charge in [-0.1, -0.05) is 18.2 Å². The lowest BCUT2D eigenvalue weighted by molar-refractivity contribution is 0.0952. The van der Waals surface area contributed by atoms with Crippen molar-refractivity contribution < 1.29 is 9.53 Å². The summed E-state index contributed by atoms with van der Waals surface area (Å²) in [7, 11) is 1.68. The molecule has 1 amide bonds. The third-order valence-corrected chi connectivity index (χ3v) is 5.34. The van der Waals surface area contributed by atoms with Crippen molar-refractivity contribution in [1.29, 1.82) is 0 Å². The molecule has 5 heteroatoms. The molecule has 3 heterocycles. The van der Waals surface area contributed by atoms with Gasteiger partial charge in [-0.25, -0.2) is 0 Å². The molecule has 2 aromatic carbocycles. The van der Waals surface area contributed by atoms with Gasteiger partial charge in [-0.05, 0) is 41.8 Å². The molecule has 3 N–H and O–H groups in total. The molecular weight excluding hydrogens is 326 g/mol. The molecule has 4 aromatic rings. The number of methoxy groups -OCH3 is 1. The molecule has 1 aliphatic rings. The molecule has 130 valence electrons. The summed E-state index contributed by atoms with van der Waals surface area (Å²) in [5.74, 6) is 0.928. The predicted molar refractivity (Wildman–Crippen MR) is 102 cm³/mol. The first kappa shape index (κ1) is 15.1. The number of carbonyl (C=O) groups excluding carboxylic acids is 1. The fraction of sp³-hybridized carbons (Fsp3) is 0.190. The van der Waals surface area contributed by atoms with Gasteiger partial charge in [0.25, 0.3) is 5.91 Å². The number of para-hydroxylation sites is 1. The molecule has 1 atom stereocenters. The van der Waals surface area contributed by atoms with Gasteiger partial charge in [0, 0.05) is 40.5 Å². The summed E-state index contributed by atoms with van der Waals surface area (Å²) in [5.41, 5.74) is 5.02. The van der Waals surface area contributed by atoms with E-state index < -0.39 is 0 Å². The molecular formula is C21H19N3O2. The van der Waals surface area contributed by atoms with Crippen molar-refractivity contribution >= 4 is 27.7 Å². The largest absolute Gasteiger partial charge is 0.497 e. The quantitative estimate of drug-likeness (QED) is 0.515. The number of hydrogen-bond acceptors (Lipinski definition) is 2. The van der Waals surface area contributed by atoms with Gasteiger partial charge in [0.05, 0.1) is 7.11 Å². The number of rotatable bonds is 2. The SMILES string of the molecule is COc1ccc2[nH]cc([C@H]3CCNC(=O)c4[nH]c5ccccc5c43)c2c1. The Labute approximate surface area is 150 Å². The zero-order chi connectivity index (χ0) is 17.7. The van der Waals surface area contributed by atoms with E-state index >= 15 is 0 Å². The second kappa shape index (κ2) is 5.66. The lowest BCUT2D eigenvalue weighted by Gasteiger charge is -2.15. The predicted octanol–water partition coefficient (Wildman–Crippen LogP) is 3.92. The van der Waals surface area contributed by atoms with Crippen molar-refractivity contribution in [3.63, 3.8) is 0 Å². The fourth-order valence-electron chi connectivity index (χ4n) is 4.12. The number of H-pyrrole nitrogens is 2. The first-order valence-electron chi connectivity index (χ1n) is 8.80. The summed E-state index contributed by atoms with van der Waals surface area (Å²) in [6.07, 6.45) is 2.92. The Hall–Kier alpha value is -3.21. The molecule has 2 aromatic heterocycles. The maximum Gasteiger partial charge on any atom is 0.268 e. The number of aromatic nitrogens is 2. The number of hydrogen-bond donors (Lipinski definition) is 3. The van der Waals surface area contributed by atoms with Gasteiger partial charge in [0.2, 0.25) is 0 Å². The summed E-state index contributed by atoms with van der Waals surface area (Å²) >= 11 is 0. The molecule has 0 spiro atoms.